The van der Waals surface area contributed by atoms with Crippen molar-refractivity contribution in [2.24, 2.45) is 5.73 Å². The van der Waals surface area contributed by atoms with E-state index >= 15 is 0 Å². The number of rotatable bonds is 4. The SMILES string of the molecule is CC(C)n1ncc2c(C(=O)NC3CCC(N)CC3)cc(-c3ccco3)nc21. The van der Waals surface area contributed by atoms with Crippen molar-refractivity contribution < 1.29 is 9.21 Å². The van der Waals surface area contributed by atoms with Crippen LogP contribution in [0.25, 0.3) is 22.5 Å². The van der Waals surface area contributed by atoms with Gasteiger partial charge in [-0.1, -0.05) is 0 Å². The Morgan fingerprint density at radius 1 is 1.33 bits per heavy atom. The van der Waals surface area contributed by atoms with Crippen molar-refractivity contribution in [3.8, 4) is 11.5 Å². The molecule has 7 nitrogen and oxygen atoms in total. The monoisotopic (exact) mass is 367 g/mol. The highest BCUT2D eigenvalue weighted by atomic mass is 16.3. The van der Waals surface area contributed by atoms with Crippen molar-refractivity contribution in [3.05, 3.63) is 36.2 Å². The summed E-state index contributed by atoms with van der Waals surface area (Å²) in [4.78, 5) is 17.8. The van der Waals surface area contributed by atoms with Crippen LogP contribution in [0.3, 0.4) is 0 Å². The summed E-state index contributed by atoms with van der Waals surface area (Å²) in [7, 11) is 0. The molecule has 1 aliphatic carbocycles. The summed E-state index contributed by atoms with van der Waals surface area (Å²) in [5.41, 5.74) is 7.87. The maximum absolute atomic E-state index is 13.1. The molecule has 0 unspecified atom stereocenters. The predicted molar refractivity (Wildman–Crippen MR) is 103 cm³/mol. The number of amides is 1. The molecule has 1 aliphatic rings. The lowest BCUT2D eigenvalue weighted by molar-refractivity contribution is 0.0927. The molecule has 1 amide bonds. The van der Waals surface area contributed by atoms with Crippen LogP contribution in [-0.2, 0) is 0 Å². The van der Waals surface area contributed by atoms with Crippen molar-refractivity contribution in [1.29, 1.82) is 0 Å². The first-order chi connectivity index (χ1) is 13.0. The van der Waals surface area contributed by atoms with Crippen LogP contribution in [0, 0.1) is 0 Å². The van der Waals surface area contributed by atoms with Crippen LogP contribution in [0.2, 0.25) is 0 Å². The quantitative estimate of drug-likeness (QED) is 0.737. The van der Waals surface area contributed by atoms with Crippen LogP contribution in [0.5, 0.6) is 0 Å². The van der Waals surface area contributed by atoms with Crippen molar-refractivity contribution in [1.82, 2.24) is 20.1 Å². The minimum atomic E-state index is -0.0982. The predicted octanol–water partition coefficient (Wildman–Crippen LogP) is 3.27. The van der Waals surface area contributed by atoms with Gasteiger partial charge in [0.15, 0.2) is 11.4 Å². The summed E-state index contributed by atoms with van der Waals surface area (Å²) in [5, 5.41) is 8.37. The first-order valence-electron chi connectivity index (χ1n) is 9.51. The lowest BCUT2D eigenvalue weighted by atomic mass is 9.91. The molecule has 0 aromatic carbocycles. The number of carbonyl (C=O) groups is 1. The number of hydrogen-bond donors (Lipinski definition) is 2. The third-order valence-electron chi connectivity index (χ3n) is 5.18. The van der Waals surface area contributed by atoms with E-state index in [4.69, 9.17) is 15.1 Å². The molecule has 1 fully saturated rings. The second kappa shape index (κ2) is 7.15. The lowest BCUT2D eigenvalue weighted by Crippen LogP contribution is -2.40. The van der Waals surface area contributed by atoms with E-state index in [9.17, 15) is 4.79 Å². The molecule has 1 saturated carbocycles. The van der Waals surface area contributed by atoms with Crippen LogP contribution < -0.4 is 11.1 Å². The average molecular weight is 367 g/mol. The zero-order valence-electron chi connectivity index (χ0n) is 15.7. The fourth-order valence-corrected chi connectivity index (χ4v) is 3.66. The maximum Gasteiger partial charge on any atom is 0.252 e. The van der Waals surface area contributed by atoms with Gasteiger partial charge in [0.2, 0.25) is 0 Å². The fraction of sp³-hybridized carbons (Fsp3) is 0.450. The Hall–Kier alpha value is -2.67. The molecule has 0 radical (unpaired) electrons. The number of aromatic nitrogens is 3. The van der Waals surface area contributed by atoms with E-state index in [0.717, 1.165) is 31.1 Å². The van der Waals surface area contributed by atoms with Crippen molar-refractivity contribution in [2.45, 2.75) is 57.7 Å². The number of nitrogens with two attached hydrogens (primary N) is 1. The number of nitrogens with zero attached hydrogens (tertiary/aromatic N) is 3. The topological polar surface area (TPSA) is 99.0 Å². The van der Waals surface area contributed by atoms with Crippen LogP contribution in [-0.4, -0.2) is 32.8 Å². The lowest BCUT2D eigenvalue weighted by Gasteiger charge is -2.26. The Morgan fingerprint density at radius 2 is 2.11 bits per heavy atom. The largest absolute Gasteiger partial charge is 0.463 e. The number of hydrogen-bond acceptors (Lipinski definition) is 5. The smallest absolute Gasteiger partial charge is 0.252 e. The molecule has 27 heavy (non-hydrogen) atoms. The Balaban J connectivity index is 1.73. The highest BCUT2D eigenvalue weighted by Gasteiger charge is 2.24. The van der Waals surface area contributed by atoms with Gasteiger partial charge in [-0.2, -0.15) is 5.10 Å². The Bertz CT molecular complexity index is 937. The van der Waals surface area contributed by atoms with Gasteiger partial charge in [0.1, 0.15) is 5.69 Å². The number of pyridine rings is 1. The van der Waals surface area contributed by atoms with E-state index < -0.39 is 0 Å². The molecule has 0 aliphatic heterocycles. The Labute approximate surface area is 157 Å². The third kappa shape index (κ3) is 3.47. The van der Waals surface area contributed by atoms with Gasteiger partial charge in [-0.15, -0.1) is 0 Å². The van der Waals surface area contributed by atoms with E-state index in [1.807, 2.05) is 30.7 Å². The minimum absolute atomic E-state index is 0.0982. The fourth-order valence-electron chi connectivity index (χ4n) is 3.66. The van der Waals surface area contributed by atoms with Gasteiger partial charge in [0.05, 0.1) is 23.4 Å². The summed E-state index contributed by atoms with van der Waals surface area (Å²) in [6.07, 6.45) is 7.04. The molecule has 0 spiro atoms. The number of fused-ring (bicyclic) bond motifs is 1. The van der Waals surface area contributed by atoms with E-state index in [-0.39, 0.29) is 24.0 Å². The first-order valence-corrected chi connectivity index (χ1v) is 9.51. The van der Waals surface area contributed by atoms with Crippen LogP contribution in [0.4, 0.5) is 0 Å². The highest BCUT2D eigenvalue weighted by Crippen LogP contribution is 2.27. The average Bonchev–Trinajstić information content (AvgIpc) is 3.32. The summed E-state index contributed by atoms with van der Waals surface area (Å²) in [6.45, 7) is 4.08. The maximum atomic E-state index is 13.1. The normalized spacial score (nSPS) is 20.3. The van der Waals surface area contributed by atoms with Gasteiger partial charge < -0.3 is 15.5 Å². The van der Waals surface area contributed by atoms with Gasteiger partial charge in [0.25, 0.3) is 5.91 Å². The molecule has 0 atom stereocenters. The van der Waals surface area contributed by atoms with Crippen LogP contribution >= 0.6 is 0 Å². The summed E-state index contributed by atoms with van der Waals surface area (Å²) in [5.74, 6) is 0.532. The Morgan fingerprint density at radius 3 is 2.78 bits per heavy atom. The second-order valence-electron chi connectivity index (χ2n) is 7.54. The highest BCUT2D eigenvalue weighted by molar-refractivity contribution is 6.06. The van der Waals surface area contributed by atoms with Crippen LogP contribution in [0.15, 0.2) is 35.1 Å². The number of carbonyl (C=O) groups excluding carboxylic acids is 1. The molecule has 0 bridgehead atoms. The first kappa shape index (κ1) is 17.7. The molecule has 3 N–H and O–H groups in total. The van der Waals surface area contributed by atoms with Gasteiger partial charge >= 0.3 is 0 Å². The van der Waals surface area contributed by atoms with E-state index in [2.05, 4.69) is 10.4 Å². The van der Waals surface area contributed by atoms with Gasteiger partial charge in [-0.25, -0.2) is 9.67 Å². The molecule has 3 aromatic heterocycles. The summed E-state index contributed by atoms with van der Waals surface area (Å²) >= 11 is 0. The zero-order chi connectivity index (χ0) is 19.0. The zero-order valence-corrected chi connectivity index (χ0v) is 15.7. The minimum Gasteiger partial charge on any atom is -0.463 e. The molecule has 4 rings (SSSR count). The van der Waals surface area contributed by atoms with Gasteiger partial charge in [0, 0.05) is 18.1 Å². The molecule has 142 valence electrons. The Kier molecular flexibility index (Phi) is 4.70. The van der Waals surface area contributed by atoms with Crippen LogP contribution in [0.1, 0.15) is 55.9 Å². The molecule has 3 heterocycles. The van der Waals surface area contributed by atoms with Gasteiger partial charge in [-0.05, 0) is 57.7 Å². The van der Waals surface area contributed by atoms with Crippen molar-refractivity contribution >= 4 is 16.9 Å². The van der Waals surface area contributed by atoms with E-state index in [0.29, 0.717) is 22.7 Å². The van der Waals surface area contributed by atoms with Crippen molar-refractivity contribution in [3.63, 3.8) is 0 Å². The molecule has 0 saturated heterocycles. The molecule has 3 aromatic rings. The molecule has 7 heteroatoms. The molecular formula is C20H25N5O2. The van der Waals surface area contributed by atoms with Crippen molar-refractivity contribution in [2.75, 3.05) is 0 Å². The third-order valence-corrected chi connectivity index (χ3v) is 5.18. The summed E-state index contributed by atoms with van der Waals surface area (Å²) in [6, 6.07) is 5.99. The van der Waals surface area contributed by atoms with E-state index in [1.54, 1.807) is 18.5 Å². The summed E-state index contributed by atoms with van der Waals surface area (Å²) < 4.78 is 7.34. The molecular weight excluding hydrogens is 342 g/mol. The van der Waals surface area contributed by atoms with E-state index in [1.165, 1.54) is 0 Å². The standard InChI is InChI=1S/C20H25N5O2/c1-12(2)25-19-16(11-22-25)15(10-17(24-19)18-4-3-9-27-18)20(26)23-14-7-5-13(21)6-8-14/h3-4,9-14H,5-8,21H2,1-2H3,(H,23,26). The second-order valence-corrected chi connectivity index (χ2v) is 7.54. The number of nitrogens with one attached hydrogen (secondary N) is 1. The number of furan rings is 1. The van der Waals surface area contributed by atoms with Gasteiger partial charge in [-0.3, -0.25) is 4.79 Å².